The normalized spacial score (nSPS) is 18.0. The first-order valence-electron chi connectivity index (χ1n) is 6.43. The maximum Gasteiger partial charge on any atom is 0.328 e. The van der Waals surface area contributed by atoms with Gasteiger partial charge in [0.2, 0.25) is 11.8 Å². The van der Waals surface area contributed by atoms with E-state index in [0.29, 0.717) is 11.3 Å². The highest BCUT2D eigenvalue weighted by molar-refractivity contribution is 5.91. The average molecular weight is 292 g/mol. The van der Waals surface area contributed by atoms with Gasteiger partial charge in [0.25, 0.3) is 0 Å². The van der Waals surface area contributed by atoms with Crippen molar-refractivity contribution in [2.45, 2.75) is 12.5 Å². The summed E-state index contributed by atoms with van der Waals surface area (Å²) in [6.07, 6.45) is 0.0221. The summed E-state index contributed by atoms with van der Waals surface area (Å²) < 4.78 is 5.08. The molecule has 2 N–H and O–H groups in total. The number of carbonyl (C=O) groups is 3. The second-order valence-electron chi connectivity index (χ2n) is 4.71. The fourth-order valence-corrected chi connectivity index (χ4v) is 2.18. The Morgan fingerprint density at radius 3 is 2.90 bits per heavy atom. The topological polar surface area (TPSA) is 95.9 Å². The molecule has 7 nitrogen and oxygen atoms in total. The van der Waals surface area contributed by atoms with Gasteiger partial charge >= 0.3 is 5.97 Å². The Labute approximate surface area is 121 Å². The quantitative estimate of drug-likeness (QED) is 0.790. The zero-order valence-electron chi connectivity index (χ0n) is 11.5. The molecule has 0 saturated carbocycles. The van der Waals surface area contributed by atoms with Crippen LogP contribution in [0.1, 0.15) is 5.56 Å². The van der Waals surface area contributed by atoms with Gasteiger partial charge in [-0.3, -0.25) is 9.59 Å². The van der Waals surface area contributed by atoms with E-state index in [9.17, 15) is 14.4 Å². The second-order valence-corrected chi connectivity index (χ2v) is 4.71. The summed E-state index contributed by atoms with van der Waals surface area (Å²) in [6.45, 7) is -0.308. The number of carboxylic acids is 1. The molecule has 1 aliphatic rings. The van der Waals surface area contributed by atoms with Crippen molar-refractivity contribution in [1.82, 2.24) is 10.2 Å². The molecule has 1 aliphatic heterocycles. The van der Waals surface area contributed by atoms with Crippen molar-refractivity contribution in [3.63, 3.8) is 0 Å². The van der Waals surface area contributed by atoms with Gasteiger partial charge in [0, 0.05) is 6.54 Å². The SMILES string of the molecule is COc1cccc(CC(=O)N2CC(=O)NCC2C(=O)O)c1. The molecular formula is C14H16N2O5. The van der Waals surface area contributed by atoms with Crippen molar-refractivity contribution in [1.29, 1.82) is 0 Å². The molecule has 0 bridgehead atoms. The summed E-state index contributed by atoms with van der Waals surface area (Å²) in [5.41, 5.74) is 0.703. The zero-order valence-corrected chi connectivity index (χ0v) is 11.5. The number of hydrogen-bond donors (Lipinski definition) is 2. The second kappa shape index (κ2) is 6.25. The number of nitrogens with one attached hydrogen (secondary N) is 1. The molecule has 1 aromatic carbocycles. The number of aliphatic carboxylic acids is 1. The number of ether oxygens (including phenoxy) is 1. The Kier molecular flexibility index (Phi) is 4.42. The Bertz CT molecular complexity index is 572. The first kappa shape index (κ1) is 14.8. The molecule has 21 heavy (non-hydrogen) atoms. The monoisotopic (exact) mass is 292 g/mol. The van der Waals surface area contributed by atoms with Gasteiger partial charge in [-0.2, -0.15) is 0 Å². The Morgan fingerprint density at radius 1 is 1.48 bits per heavy atom. The Balaban J connectivity index is 2.12. The van der Waals surface area contributed by atoms with Crippen LogP contribution >= 0.6 is 0 Å². The van der Waals surface area contributed by atoms with E-state index < -0.39 is 17.9 Å². The van der Waals surface area contributed by atoms with Crippen molar-refractivity contribution in [3.05, 3.63) is 29.8 Å². The molecule has 2 rings (SSSR count). The van der Waals surface area contributed by atoms with Gasteiger partial charge < -0.3 is 20.1 Å². The number of piperazine rings is 1. The maximum absolute atomic E-state index is 12.3. The number of rotatable bonds is 4. The fraction of sp³-hybridized carbons (Fsp3) is 0.357. The molecule has 1 saturated heterocycles. The summed E-state index contributed by atoms with van der Waals surface area (Å²) in [5, 5.41) is 11.6. The summed E-state index contributed by atoms with van der Waals surface area (Å²) in [7, 11) is 1.52. The van der Waals surface area contributed by atoms with Crippen LogP contribution in [0.3, 0.4) is 0 Å². The lowest BCUT2D eigenvalue weighted by atomic mass is 10.1. The first-order valence-corrected chi connectivity index (χ1v) is 6.43. The van der Waals surface area contributed by atoms with Gasteiger partial charge in [0.05, 0.1) is 13.5 Å². The third-order valence-corrected chi connectivity index (χ3v) is 3.28. The molecule has 0 radical (unpaired) electrons. The molecule has 1 atom stereocenters. The number of nitrogens with zero attached hydrogens (tertiary/aromatic N) is 1. The standard InChI is InChI=1S/C14H16N2O5/c1-21-10-4-2-3-9(5-10)6-13(18)16-8-12(17)15-7-11(16)14(19)20/h2-5,11H,6-8H2,1H3,(H,15,17)(H,19,20). The van der Waals surface area contributed by atoms with Gasteiger partial charge in [-0.1, -0.05) is 12.1 Å². The van der Waals surface area contributed by atoms with E-state index in [0.717, 1.165) is 4.90 Å². The molecule has 0 aromatic heterocycles. The van der Waals surface area contributed by atoms with Crippen molar-refractivity contribution in [3.8, 4) is 5.75 Å². The number of carboxylic acid groups (broad SMARTS) is 1. The van der Waals surface area contributed by atoms with Crippen LogP contribution in [0, 0.1) is 0 Å². The number of hydrogen-bond acceptors (Lipinski definition) is 4. The lowest BCUT2D eigenvalue weighted by Gasteiger charge is -2.32. The third-order valence-electron chi connectivity index (χ3n) is 3.28. The van der Waals surface area contributed by atoms with Crippen molar-refractivity contribution in [2.24, 2.45) is 0 Å². The smallest absolute Gasteiger partial charge is 0.328 e. The van der Waals surface area contributed by atoms with Crippen LogP contribution in [0.15, 0.2) is 24.3 Å². The molecule has 0 spiro atoms. The summed E-state index contributed by atoms with van der Waals surface area (Å²) in [4.78, 5) is 35.9. The van der Waals surface area contributed by atoms with Gasteiger partial charge in [0.15, 0.2) is 0 Å². The van der Waals surface area contributed by atoms with Crippen LogP contribution in [0.4, 0.5) is 0 Å². The van der Waals surface area contributed by atoms with E-state index in [4.69, 9.17) is 9.84 Å². The third kappa shape index (κ3) is 3.50. The molecular weight excluding hydrogens is 276 g/mol. The largest absolute Gasteiger partial charge is 0.497 e. The van der Waals surface area contributed by atoms with E-state index in [2.05, 4.69) is 5.32 Å². The molecule has 7 heteroatoms. The van der Waals surface area contributed by atoms with E-state index >= 15 is 0 Å². The van der Waals surface area contributed by atoms with Crippen molar-refractivity contribution < 1.29 is 24.2 Å². The van der Waals surface area contributed by atoms with E-state index in [1.54, 1.807) is 24.3 Å². The number of benzene rings is 1. The van der Waals surface area contributed by atoms with E-state index in [1.807, 2.05) is 0 Å². The predicted octanol–water partition coefficient (Wildman–Crippen LogP) is -0.351. The van der Waals surface area contributed by atoms with Crippen LogP contribution < -0.4 is 10.1 Å². The lowest BCUT2D eigenvalue weighted by molar-refractivity contribution is -0.153. The highest BCUT2D eigenvalue weighted by Crippen LogP contribution is 2.15. The Morgan fingerprint density at radius 2 is 2.24 bits per heavy atom. The van der Waals surface area contributed by atoms with Crippen molar-refractivity contribution >= 4 is 17.8 Å². The number of amides is 2. The maximum atomic E-state index is 12.3. The Hall–Kier alpha value is -2.57. The molecule has 2 amide bonds. The van der Waals surface area contributed by atoms with E-state index in [1.165, 1.54) is 7.11 Å². The van der Waals surface area contributed by atoms with E-state index in [-0.39, 0.29) is 25.4 Å². The number of carbonyl (C=O) groups excluding carboxylic acids is 2. The first-order chi connectivity index (χ1) is 10.0. The summed E-state index contributed by atoms with van der Waals surface area (Å²) in [5.74, 6) is -1.27. The zero-order chi connectivity index (χ0) is 15.4. The predicted molar refractivity (Wildman–Crippen MR) is 72.8 cm³/mol. The van der Waals surface area contributed by atoms with Crippen molar-refractivity contribution in [2.75, 3.05) is 20.2 Å². The van der Waals surface area contributed by atoms with Gasteiger partial charge in [-0.05, 0) is 17.7 Å². The van der Waals surface area contributed by atoms with Crippen LogP contribution in [0.5, 0.6) is 5.75 Å². The average Bonchev–Trinajstić information content (AvgIpc) is 2.47. The van der Waals surface area contributed by atoms with Crippen LogP contribution in [0.25, 0.3) is 0 Å². The minimum Gasteiger partial charge on any atom is -0.497 e. The molecule has 1 heterocycles. The fourth-order valence-electron chi connectivity index (χ4n) is 2.18. The van der Waals surface area contributed by atoms with Gasteiger partial charge in [0.1, 0.15) is 18.3 Å². The lowest BCUT2D eigenvalue weighted by Crippen LogP contribution is -2.59. The van der Waals surface area contributed by atoms with Gasteiger partial charge in [-0.25, -0.2) is 4.79 Å². The highest BCUT2D eigenvalue weighted by atomic mass is 16.5. The minimum atomic E-state index is -1.13. The molecule has 1 unspecified atom stereocenters. The van der Waals surface area contributed by atoms with Gasteiger partial charge in [-0.15, -0.1) is 0 Å². The summed E-state index contributed by atoms with van der Waals surface area (Å²) in [6, 6.07) is 5.93. The van der Waals surface area contributed by atoms with Crippen LogP contribution in [-0.2, 0) is 20.8 Å². The molecule has 112 valence electrons. The highest BCUT2D eigenvalue weighted by Gasteiger charge is 2.34. The molecule has 1 fully saturated rings. The molecule has 0 aliphatic carbocycles. The summed E-state index contributed by atoms with van der Waals surface area (Å²) >= 11 is 0. The number of methoxy groups -OCH3 is 1. The van der Waals surface area contributed by atoms with Crippen LogP contribution in [-0.4, -0.2) is 54.0 Å². The minimum absolute atomic E-state index is 0.0221. The molecule has 1 aromatic rings. The van der Waals surface area contributed by atoms with Crippen LogP contribution in [0.2, 0.25) is 0 Å².